The van der Waals surface area contributed by atoms with E-state index < -0.39 is 5.60 Å². The second-order valence-electron chi connectivity index (χ2n) is 6.51. The molecule has 24 heavy (non-hydrogen) atoms. The number of likely N-dealkylation sites (N-methyl/N-ethyl adjacent to an activating group) is 1. The van der Waals surface area contributed by atoms with Crippen molar-refractivity contribution in [3.05, 3.63) is 40.7 Å². The highest BCUT2D eigenvalue weighted by atomic mass is 35.5. The topological polar surface area (TPSA) is 71.2 Å². The van der Waals surface area contributed by atoms with Crippen molar-refractivity contribution in [2.75, 3.05) is 13.6 Å². The first kappa shape index (κ1) is 16.9. The predicted molar refractivity (Wildman–Crippen MR) is 91.5 cm³/mol. The summed E-state index contributed by atoms with van der Waals surface area (Å²) in [4.78, 5) is 14.2. The summed E-state index contributed by atoms with van der Waals surface area (Å²) in [7, 11) is 1.69. The number of hydrogen-bond donors (Lipinski definition) is 1. The molecule has 0 spiro atoms. The lowest BCUT2D eigenvalue weighted by Gasteiger charge is -2.28. The molecule has 2 aromatic rings. The van der Waals surface area contributed by atoms with E-state index in [4.69, 9.17) is 11.6 Å². The monoisotopic (exact) mass is 348 g/mol. The summed E-state index contributed by atoms with van der Waals surface area (Å²) in [6.07, 6.45) is 3.47. The summed E-state index contributed by atoms with van der Waals surface area (Å²) in [6, 6.07) is 7.22. The van der Waals surface area contributed by atoms with Crippen LogP contribution in [0.5, 0.6) is 0 Å². The van der Waals surface area contributed by atoms with Crippen LogP contribution in [0.4, 0.5) is 0 Å². The molecular weight excluding hydrogens is 328 g/mol. The van der Waals surface area contributed by atoms with E-state index in [0.29, 0.717) is 23.0 Å². The quantitative estimate of drug-likeness (QED) is 0.922. The lowest BCUT2D eigenvalue weighted by atomic mass is 10.0. The first-order valence-electron chi connectivity index (χ1n) is 8.06. The lowest BCUT2D eigenvalue weighted by molar-refractivity contribution is 0.0154. The fourth-order valence-corrected chi connectivity index (χ4v) is 3.45. The minimum Gasteiger partial charge on any atom is -0.388 e. The first-order valence-corrected chi connectivity index (χ1v) is 8.43. The van der Waals surface area contributed by atoms with Crippen molar-refractivity contribution in [2.24, 2.45) is 0 Å². The number of nitrogens with zero attached hydrogens (tertiary/aromatic N) is 4. The second-order valence-corrected chi connectivity index (χ2v) is 6.94. The molecule has 7 heteroatoms. The molecule has 1 aliphatic carbocycles. The van der Waals surface area contributed by atoms with Gasteiger partial charge >= 0.3 is 0 Å². The highest BCUT2D eigenvalue weighted by Gasteiger charge is 2.34. The molecule has 3 rings (SSSR count). The summed E-state index contributed by atoms with van der Waals surface area (Å²) >= 11 is 6.01. The van der Waals surface area contributed by atoms with E-state index in [1.165, 1.54) is 4.90 Å². The number of carbonyl (C=O) groups is 1. The molecule has 0 saturated heterocycles. The Morgan fingerprint density at radius 2 is 2.12 bits per heavy atom. The molecule has 1 saturated carbocycles. The Hall–Kier alpha value is -1.92. The van der Waals surface area contributed by atoms with Gasteiger partial charge in [-0.2, -0.15) is 0 Å². The molecule has 1 heterocycles. The number of amides is 1. The molecule has 0 unspecified atom stereocenters. The molecule has 1 aromatic heterocycles. The van der Waals surface area contributed by atoms with E-state index in [-0.39, 0.29) is 5.91 Å². The number of aromatic nitrogens is 3. The molecule has 1 amide bonds. The van der Waals surface area contributed by atoms with E-state index >= 15 is 0 Å². The summed E-state index contributed by atoms with van der Waals surface area (Å²) in [5.41, 5.74) is 0.913. The maximum Gasteiger partial charge on any atom is 0.276 e. The molecule has 1 aliphatic rings. The van der Waals surface area contributed by atoms with Gasteiger partial charge in [0.2, 0.25) is 0 Å². The van der Waals surface area contributed by atoms with Crippen molar-refractivity contribution in [3.63, 3.8) is 0 Å². The summed E-state index contributed by atoms with van der Waals surface area (Å²) < 4.78 is 1.59. The van der Waals surface area contributed by atoms with Crippen molar-refractivity contribution in [1.29, 1.82) is 0 Å². The van der Waals surface area contributed by atoms with Crippen LogP contribution < -0.4 is 0 Å². The van der Waals surface area contributed by atoms with Gasteiger partial charge in [0.1, 0.15) is 0 Å². The molecule has 0 atom stereocenters. The zero-order chi connectivity index (χ0) is 17.3. The van der Waals surface area contributed by atoms with Gasteiger partial charge in [0.05, 0.1) is 17.0 Å². The van der Waals surface area contributed by atoms with Gasteiger partial charge in [0, 0.05) is 18.6 Å². The number of carbonyl (C=O) groups excluding carboxylic acids is 1. The second kappa shape index (κ2) is 6.53. The van der Waals surface area contributed by atoms with Crippen LogP contribution in [0.2, 0.25) is 5.02 Å². The number of aliphatic hydroxyl groups is 1. The Balaban J connectivity index is 1.81. The smallest absolute Gasteiger partial charge is 0.276 e. The van der Waals surface area contributed by atoms with E-state index in [1.807, 2.05) is 12.1 Å². The van der Waals surface area contributed by atoms with Crippen LogP contribution in [0.15, 0.2) is 24.3 Å². The number of rotatable bonds is 4. The van der Waals surface area contributed by atoms with Gasteiger partial charge in [-0.1, -0.05) is 35.7 Å². The SMILES string of the molecule is Cc1c(C(=O)N(C)CC2(O)CCCC2)nnn1-c1cccc(Cl)c1. The maximum absolute atomic E-state index is 12.7. The van der Waals surface area contributed by atoms with Gasteiger partial charge in [-0.25, -0.2) is 4.68 Å². The number of halogens is 1. The summed E-state index contributed by atoms with van der Waals surface area (Å²) in [5.74, 6) is -0.235. The summed E-state index contributed by atoms with van der Waals surface area (Å²) in [6.45, 7) is 2.11. The van der Waals surface area contributed by atoms with Crippen LogP contribution >= 0.6 is 11.6 Å². The minimum absolute atomic E-state index is 0.235. The van der Waals surface area contributed by atoms with Crippen molar-refractivity contribution in [3.8, 4) is 5.69 Å². The highest BCUT2D eigenvalue weighted by molar-refractivity contribution is 6.30. The van der Waals surface area contributed by atoms with Gasteiger partial charge in [-0.3, -0.25) is 4.79 Å². The third-order valence-corrected chi connectivity index (χ3v) is 4.80. The van der Waals surface area contributed by atoms with Crippen LogP contribution in [0.1, 0.15) is 41.9 Å². The standard InChI is InChI=1S/C17H21ClN4O2/c1-12-15(16(23)21(2)11-17(24)8-3-4-9-17)19-20-22(12)14-7-5-6-13(18)10-14/h5-7,10,24H,3-4,8-9,11H2,1-2H3. The Labute approximate surface area is 146 Å². The normalized spacial score (nSPS) is 16.3. The van der Waals surface area contributed by atoms with Gasteiger partial charge in [0.15, 0.2) is 5.69 Å². The van der Waals surface area contributed by atoms with E-state index in [0.717, 1.165) is 31.4 Å². The number of benzene rings is 1. The molecule has 1 fully saturated rings. The predicted octanol–water partition coefficient (Wildman–Crippen LogP) is 2.61. The van der Waals surface area contributed by atoms with Gasteiger partial charge in [-0.15, -0.1) is 5.10 Å². The Morgan fingerprint density at radius 3 is 2.79 bits per heavy atom. The Kier molecular flexibility index (Phi) is 4.60. The van der Waals surface area contributed by atoms with Crippen LogP contribution in [-0.4, -0.2) is 50.1 Å². The van der Waals surface area contributed by atoms with Crippen molar-refractivity contribution >= 4 is 17.5 Å². The Morgan fingerprint density at radius 1 is 1.42 bits per heavy atom. The van der Waals surface area contributed by atoms with Gasteiger partial charge in [0.25, 0.3) is 5.91 Å². The third kappa shape index (κ3) is 3.30. The highest BCUT2D eigenvalue weighted by Crippen LogP contribution is 2.30. The first-order chi connectivity index (χ1) is 11.4. The van der Waals surface area contributed by atoms with Gasteiger partial charge < -0.3 is 10.0 Å². The van der Waals surface area contributed by atoms with Crippen LogP contribution in [0.3, 0.4) is 0 Å². The van der Waals surface area contributed by atoms with Crippen molar-refractivity contribution in [2.45, 2.75) is 38.2 Å². The molecule has 6 nitrogen and oxygen atoms in total. The average molecular weight is 349 g/mol. The molecular formula is C17H21ClN4O2. The largest absolute Gasteiger partial charge is 0.388 e. The fraction of sp³-hybridized carbons (Fsp3) is 0.471. The van der Waals surface area contributed by atoms with E-state index in [1.54, 1.807) is 30.8 Å². The fourth-order valence-electron chi connectivity index (χ4n) is 3.27. The summed E-state index contributed by atoms with van der Waals surface area (Å²) in [5, 5.41) is 19.2. The van der Waals surface area contributed by atoms with E-state index in [2.05, 4.69) is 10.3 Å². The van der Waals surface area contributed by atoms with E-state index in [9.17, 15) is 9.90 Å². The van der Waals surface area contributed by atoms with Crippen LogP contribution in [-0.2, 0) is 0 Å². The molecule has 0 bridgehead atoms. The zero-order valence-electron chi connectivity index (χ0n) is 13.9. The zero-order valence-corrected chi connectivity index (χ0v) is 14.6. The van der Waals surface area contributed by atoms with Crippen LogP contribution in [0, 0.1) is 6.92 Å². The average Bonchev–Trinajstić information content (AvgIpc) is 3.12. The molecule has 0 aliphatic heterocycles. The van der Waals surface area contributed by atoms with Gasteiger partial charge in [-0.05, 0) is 38.0 Å². The van der Waals surface area contributed by atoms with Crippen molar-refractivity contribution < 1.29 is 9.90 Å². The molecule has 1 N–H and O–H groups in total. The molecule has 128 valence electrons. The third-order valence-electron chi connectivity index (χ3n) is 4.56. The number of hydrogen-bond acceptors (Lipinski definition) is 4. The maximum atomic E-state index is 12.7. The molecule has 0 radical (unpaired) electrons. The minimum atomic E-state index is -0.777. The lowest BCUT2D eigenvalue weighted by Crippen LogP contribution is -2.42. The molecule has 1 aromatic carbocycles. The van der Waals surface area contributed by atoms with Crippen molar-refractivity contribution in [1.82, 2.24) is 19.9 Å². The Bertz CT molecular complexity index is 753. The van der Waals surface area contributed by atoms with Crippen LogP contribution in [0.25, 0.3) is 5.69 Å².